The van der Waals surface area contributed by atoms with Gasteiger partial charge in [-0.2, -0.15) is 0 Å². The van der Waals surface area contributed by atoms with E-state index in [0.29, 0.717) is 5.69 Å². The van der Waals surface area contributed by atoms with Crippen molar-refractivity contribution in [2.24, 2.45) is 5.84 Å². The molecule has 20 heavy (non-hydrogen) atoms. The summed E-state index contributed by atoms with van der Waals surface area (Å²) < 4.78 is 27.3. The highest BCUT2D eigenvalue weighted by Gasteiger charge is 2.21. The fraction of sp³-hybridized carbons (Fsp3) is 0.154. The Morgan fingerprint density at radius 3 is 2.60 bits per heavy atom. The van der Waals surface area contributed by atoms with Crippen LogP contribution in [0.3, 0.4) is 0 Å². The molecule has 4 N–H and O–H groups in total. The van der Waals surface area contributed by atoms with E-state index >= 15 is 0 Å². The molecule has 1 aromatic carbocycles. The normalized spacial score (nSPS) is 12.9. The number of nitrogen functional groups attached to an aromatic ring is 1. The molecule has 0 radical (unpaired) electrons. The number of anilines is 1. The summed E-state index contributed by atoms with van der Waals surface area (Å²) >= 11 is 0. The van der Waals surface area contributed by atoms with Gasteiger partial charge in [0.2, 0.25) is 10.0 Å². The second-order valence-electron chi connectivity index (χ2n) is 4.27. The summed E-state index contributed by atoms with van der Waals surface area (Å²) in [6.45, 7) is 1.76. The maximum atomic E-state index is 12.4. The quantitative estimate of drug-likeness (QED) is 0.572. The van der Waals surface area contributed by atoms with Crippen molar-refractivity contribution < 1.29 is 8.42 Å². The second kappa shape index (κ2) is 6.00. The van der Waals surface area contributed by atoms with Crippen LogP contribution in [0.1, 0.15) is 18.5 Å². The third-order valence-electron chi connectivity index (χ3n) is 2.85. The number of aromatic nitrogens is 1. The number of pyridine rings is 1. The summed E-state index contributed by atoms with van der Waals surface area (Å²) in [5.41, 5.74) is 3.52. The summed E-state index contributed by atoms with van der Waals surface area (Å²) in [6.07, 6.45) is 3.26. The van der Waals surface area contributed by atoms with E-state index in [9.17, 15) is 8.42 Å². The summed E-state index contributed by atoms with van der Waals surface area (Å²) in [6, 6.07) is 9.63. The van der Waals surface area contributed by atoms with Gasteiger partial charge in [0.15, 0.2) is 0 Å². The number of hydrogen-bond acceptors (Lipinski definition) is 5. The highest BCUT2D eigenvalue weighted by molar-refractivity contribution is 7.89. The molecular weight excluding hydrogens is 276 g/mol. The Morgan fingerprint density at radius 1 is 1.20 bits per heavy atom. The molecule has 6 nitrogen and oxygen atoms in total. The molecule has 1 heterocycles. The number of nitrogens with zero attached hydrogens (tertiary/aromatic N) is 1. The first-order chi connectivity index (χ1) is 9.54. The van der Waals surface area contributed by atoms with Gasteiger partial charge in [0.05, 0.1) is 5.69 Å². The molecule has 0 amide bonds. The van der Waals surface area contributed by atoms with Crippen LogP contribution in [0, 0.1) is 0 Å². The van der Waals surface area contributed by atoms with Crippen LogP contribution in [0.5, 0.6) is 0 Å². The zero-order chi connectivity index (χ0) is 14.6. The minimum atomic E-state index is -3.67. The van der Waals surface area contributed by atoms with E-state index in [2.05, 4.69) is 15.1 Å². The molecule has 0 fully saturated rings. The van der Waals surface area contributed by atoms with Crippen LogP contribution in [0.2, 0.25) is 0 Å². The summed E-state index contributed by atoms with van der Waals surface area (Å²) in [5, 5.41) is 0. The monoisotopic (exact) mass is 292 g/mol. The van der Waals surface area contributed by atoms with Gasteiger partial charge in [0.25, 0.3) is 0 Å². The molecule has 0 bridgehead atoms. The third-order valence-corrected chi connectivity index (χ3v) is 4.45. The Hall–Kier alpha value is -1.96. The van der Waals surface area contributed by atoms with E-state index in [4.69, 9.17) is 5.84 Å². The molecule has 1 atom stereocenters. The van der Waals surface area contributed by atoms with Crippen LogP contribution in [-0.4, -0.2) is 13.4 Å². The van der Waals surface area contributed by atoms with E-state index in [1.807, 2.05) is 6.07 Å². The molecular formula is C13H16N4O2S. The van der Waals surface area contributed by atoms with Gasteiger partial charge >= 0.3 is 0 Å². The highest BCUT2D eigenvalue weighted by atomic mass is 32.2. The first kappa shape index (κ1) is 14.4. The molecule has 0 aliphatic heterocycles. The van der Waals surface area contributed by atoms with Gasteiger partial charge in [0, 0.05) is 18.4 Å². The number of nitrogens with two attached hydrogens (primary N) is 1. The number of para-hydroxylation sites is 1. The Bertz CT molecular complexity index is 674. The number of hydrazine groups is 1. The van der Waals surface area contributed by atoms with Crippen LogP contribution in [0.25, 0.3) is 0 Å². The molecule has 7 heteroatoms. The van der Waals surface area contributed by atoms with E-state index in [1.54, 1.807) is 43.6 Å². The molecule has 0 aliphatic carbocycles. The maximum absolute atomic E-state index is 12.4. The average Bonchev–Trinajstić information content (AvgIpc) is 2.47. The third kappa shape index (κ3) is 3.13. The lowest BCUT2D eigenvalue weighted by molar-refractivity contribution is 0.567. The van der Waals surface area contributed by atoms with Crippen molar-refractivity contribution in [2.75, 3.05) is 5.43 Å². The van der Waals surface area contributed by atoms with Crippen molar-refractivity contribution in [1.29, 1.82) is 0 Å². The lowest BCUT2D eigenvalue weighted by Gasteiger charge is -2.16. The van der Waals surface area contributed by atoms with Crippen molar-refractivity contribution in [3.63, 3.8) is 0 Å². The first-order valence-corrected chi connectivity index (χ1v) is 7.51. The molecule has 0 spiro atoms. The van der Waals surface area contributed by atoms with Gasteiger partial charge in [-0.15, -0.1) is 0 Å². The van der Waals surface area contributed by atoms with Gasteiger partial charge in [-0.05, 0) is 30.7 Å². The summed E-state index contributed by atoms with van der Waals surface area (Å²) in [7, 11) is -3.67. The highest BCUT2D eigenvalue weighted by Crippen LogP contribution is 2.22. The minimum absolute atomic E-state index is 0.109. The van der Waals surface area contributed by atoms with E-state index in [1.165, 1.54) is 6.07 Å². The zero-order valence-corrected chi connectivity index (χ0v) is 11.8. The zero-order valence-electron chi connectivity index (χ0n) is 10.9. The number of nitrogens with one attached hydrogen (secondary N) is 2. The largest absolute Gasteiger partial charge is 0.323 e. The van der Waals surface area contributed by atoms with Gasteiger partial charge in [-0.3, -0.25) is 10.8 Å². The molecule has 2 rings (SSSR count). The summed E-state index contributed by atoms with van der Waals surface area (Å²) in [4.78, 5) is 4.08. The number of rotatable bonds is 5. The maximum Gasteiger partial charge on any atom is 0.243 e. The molecule has 1 unspecified atom stereocenters. The van der Waals surface area contributed by atoms with Crippen molar-refractivity contribution in [3.8, 4) is 0 Å². The van der Waals surface area contributed by atoms with Gasteiger partial charge in [-0.1, -0.05) is 18.2 Å². The van der Waals surface area contributed by atoms with Crippen LogP contribution >= 0.6 is 0 Å². The van der Waals surface area contributed by atoms with Crippen LogP contribution in [0.15, 0.2) is 53.7 Å². The smallest absolute Gasteiger partial charge is 0.243 e. The predicted molar refractivity (Wildman–Crippen MR) is 77.2 cm³/mol. The van der Waals surface area contributed by atoms with Crippen molar-refractivity contribution >= 4 is 15.7 Å². The summed E-state index contributed by atoms with van der Waals surface area (Å²) in [5.74, 6) is 5.34. The number of hydrogen-bond donors (Lipinski definition) is 3. The number of benzene rings is 1. The van der Waals surface area contributed by atoms with Crippen molar-refractivity contribution in [1.82, 2.24) is 9.71 Å². The topological polar surface area (TPSA) is 97.1 Å². The molecule has 0 saturated carbocycles. The standard InChI is InChI=1S/C13H16N4O2S/c1-10(11-5-4-8-15-9-11)17-20(18,19)13-7-3-2-6-12(13)16-14/h2-10,16-17H,14H2,1H3. The van der Waals surface area contributed by atoms with Crippen molar-refractivity contribution in [3.05, 3.63) is 54.4 Å². The second-order valence-corrected chi connectivity index (χ2v) is 5.95. The average molecular weight is 292 g/mol. The van der Waals surface area contributed by atoms with Gasteiger partial charge < -0.3 is 5.43 Å². The lowest BCUT2D eigenvalue weighted by atomic mass is 10.2. The van der Waals surface area contributed by atoms with Gasteiger partial charge in [0.1, 0.15) is 4.90 Å². The molecule has 1 aromatic heterocycles. The fourth-order valence-corrected chi connectivity index (χ4v) is 3.22. The first-order valence-electron chi connectivity index (χ1n) is 6.02. The number of sulfonamides is 1. The van der Waals surface area contributed by atoms with Crippen LogP contribution in [-0.2, 0) is 10.0 Å². The van der Waals surface area contributed by atoms with E-state index in [-0.39, 0.29) is 10.9 Å². The lowest BCUT2D eigenvalue weighted by Crippen LogP contribution is -2.28. The van der Waals surface area contributed by atoms with Crippen LogP contribution < -0.4 is 16.0 Å². The predicted octanol–water partition coefficient (Wildman–Crippen LogP) is 1.41. The fourth-order valence-electron chi connectivity index (χ4n) is 1.82. The van der Waals surface area contributed by atoms with Gasteiger partial charge in [-0.25, -0.2) is 13.1 Å². The van der Waals surface area contributed by atoms with Crippen LogP contribution in [0.4, 0.5) is 5.69 Å². The Morgan fingerprint density at radius 2 is 1.95 bits per heavy atom. The van der Waals surface area contributed by atoms with E-state index < -0.39 is 10.0 Å². The molecule has 0 saturated heterocycles. The molecule has 106 valence electrons. The van der Waals surface area contributed by atoms with Crippen molar-refractivity contribution in [2.45, 2.75) is 17.9 Å². The Labute approximate surface area is 118 Å². The molecule has 2 aromatic rings. The minimum Gasteiger partial charge on any atom is -0.323 e. The van der Waals surface area contributed by atoms with E-state index in [0.717, 1.165) is 5.56 Å². The Balaban J connectivity index is 2.28. The Kier molecular flexibility index (Phi) is 4.33. The molecule has 0 aliphatic rings. The SMILES string of the molecule is CC(NS(=O)(=O)c1ccccc1NN)c1cccnc1.